The lowest BCUT2D eigenvalue weighted by Gasteiger charge is -2.24. The first-order valence-corrected chi connectivity index (χ1v) is 10.5. The van der Waals surface area contributed by atoms with E-state index >= 15 is 0 Å². The molecule has 4 rings (SSSR count). The molecule has 0 spiro atoms. The fourth-order valence-electron chi connectivity index (χ4n) is 3.67. The van der Waals surface area contributed by atoms with Crippen LogP contribution >= 0.6 is 11.8 Å². The number of rotatable bonds is 5. The molecule has 1 aromatic carbocycles. The number of benzene rings is 1. The Balaban J connectivity index is 1.87. The third-order valence-corrected chi connectivity index (χ3v) is 6.21. The van der Waals surface area contributed by atoms with Crippen LogP contribution in [0.4, 0.5) is 0 Å². The van der Waals surface area contributed by atoms with E-state index in [0.29, 0.717) is 5.56 Å². The lowest BCUT2D eigenvalue weighted by molar-refractivity contribution is -0.125. The minimum Gasteiger partial charge on any atom is -0.300 e. The van der Waals surface area contributed by atoms with Crippen molar-refractivity contribution in [3.8, 4) is 0 Å². The molecular weight excluding hydrogens is 342 g/mol. The van der Waals surface area contributed by atoms with Crippen molar-refractivity contribution < 1.29 is 4.79 Å². The maximum Gasteiger partial charge on any atom is 0.259 e. The Hall–Kier alpha value is -2.07. The van der Waals surface area contributed by atoms with Gasteiger partial charge in [-0.1, -0.05) is 30.7 Å². The van der Waals surface area contributed by atoms with E-state index in [0.717, 1.165) is 53.5 Å². The molecule has 0 N–H and O–H groups in total. The van der Waals surface area contributed by atoms with Gasteiger partial charge in [-0.25, -0.2) is 0 Å². The molecule has 3 nitrogen and oxygen atoms in total. The first-order valence-electron chi connectivity index (χ1n) is 9.29. The molecule has 0 saturated heterocycles. The van der Waals surface area contributed by atoms with Gasteiger partial charge in [-0.3, -0.25) is 9.59 Å². The van der Waals surface area contributed by atoms with Gasteiger partial charge >= 0.3 is 0 Å². The van der Waals surface area contributed by atoms with Gasteiger partial charge in [0.1, 0.15) is 0 Å². The molecule has 1 fully saturated rings. The number of carbonyl (C=O) groups excluding carboxylic acids is 1. The molecule has 2 aliphatic carbocycles. The number of hydrogen-bond acceptors (Lipinski definition) is 3. The highest BCUT2D eigenvalue weighted by molar-refractivity contribution is 7.98. The van der Waals surface area contributed by atoms with E-state index in [1.54, 1.807) is 16.3 Å². The summed E-state index contributed by atoms with van der Waals surface area (Å²) in [7, 11) is 0. The van der Waals surface area contributed by atoms with Crippen molar-refractivity contribution in [1.82, 2.24) is 4.57 Å². The number of nitrogens with zero attached hydrogens (tertiary/aromatic N) is 1. The van der Waals surface area contributed by atoms with E-state index in [-0.39, 0.29) is 23.8 Å². The summed E-state index contributed by atoms with van der Waals surface area (Å²) < 4.78 is 1.70. The van der Waals surface area contributed by atoms with E-state index < -0.39 is 0 Å². The first-order chi connectivity index (χ1) is 12.7. The Morgan fingerprint density at radius 2 is 2.08 bits per heavy atom. The smallest absolute Gasteiger partial charge is 0.259 e. The third kappa shape index (κ3) is 3.18. The molecule has 1 aromatic heterocycles. The minimum atomic E-state index is -0.0544. The average Bonchev–Trinajstić information content (AvgIpc) is 2.62. The van der Waals surface area contributed by atoms with Crippen molar-refractivity contribution in [3.63, 3.8) is 0 Å². The van der Waals surface area contributed by atoms with Gasteiger partial charge in [-0.2, -0.15) is 0 Å². The summed E-state index contributed by atoms with van der Waals surface area (Å²) in [6.45, 7) is 0.183. The van der Waals surface area contributed by atoms with Crippen molar-refractivity contribution in [3.05, 3.63) is 58.4 Å². The molecule has 26 heavy (non-hydrogen) atoms. The normalized spacial score (nSPS) is 17.2. The van der Waals surface area contributed by atoms with Crippen LogP contribution in [-0.4, -0.2) is 16.6 Å². The monoisotopic (exact) mass is 365 g/mol. The zero-order valence-corrected chi connectivity index (χ0v) is 15.8. The maximum absolute atomic E-state index is 13.3. The van der Waals surface area contributed by atoms with Crippen LogP contribution in [0.2, 0.25) is 0 Å². The largest absolute Gasteiger partial charge is 0.300 e. The number of ketones is 1. The van der Waals surface area contributed by atoms with Crippen molar-refractivity contribution in [2.75, 3.05) is 6.26 Å². The van der Waals surface area contributed by atoms with Crippen molar-refractivity contribution >= 4 is 34.0 Å². The Kier molecular flexibility index (Phi) is 4.86. The lowest BCUT2D eigenvalue weighted by atomic mass is 9.82. The standard InChI is InChI=1S/C22H23NO2S/c1-26-18-11-10-17-12-19(15-6-3-2-4-7-15)22(25)23(20(17)13-18)14-21(24)16-8-5-9-16/h3,6-7,10-13,16H,2,4-5,8-9,14H2,1H3. The zero-order valence-electron chi connectivity index (χ0n) is 15.0. The molecule has 0 radical (unpaired) electrons. The summed E-state index contributed by atoms with van der Waals surface area (Å²) in [6.07, 6.45) is 13.3. The molecule has 2 aliphatic rings. The van der Waals surface area contributed by atoms with E-state index in [1.165, 1.54) is 0 Å². The number of Topliss-reactive ketones (excluding diaryl/α,β-unsaturated/α-hetero) is 1. The minimum absolute atomic E-state index is 0.0544. The van der Waals surface area contributed by atoms with Gasteiger partial charge < -0.3 is 4.57 Å². The van der Waals surface area contributed by atoms with Crippen LogP contribution < -0.4 is 5.56 Å². The quantitative estimate of drug-likeness (QED) is 0.713. The van der Waals surface area contributed by atoms with Gasteiger partial charge in [0.05, 0.1) is 12.1 Å². The van der Waals surface area contributed by atoms with Gasteiger partial charge in [0.15, 0.2) is 5.78 Å². The van der Waals surface area contributed by atoms with Crippen LogP contribution in [0.5, 0.6) is 0 Å². The second-order valence-corrected chi connectivity index (χ2v) is 7.99. The van der Waals surface area contributed by atoms with Crippen molar-refractivity contribution in [2.45, 2.75) is 43.5 Å². The molecule has 1 heterocycles. The molecule has 0 unspecified atom stereocenters. The number of pyridine rings is 1. The molecular formula is C22H23NO2S. The summed E-state index contributed by atoms with van der Waals surface area (Å²) in [4.78, 5) is 27.0. The van der Waals surface area contributed by atoms with E-state index in [2.05, 4.69) is 24.3 Å². The zero-order chi connectivity index (χ0) is 18.1. The fourth-order valence-corrected chi connectivity index (χ4v) is 4.10. The highest BCUT2D eigenvalue weighted by Gasteiger charge is 2.26. The first kappa shape index (κ1) is 17.3. The molecule has 0 aliphatic heterocycles. The molecule has 1 saturated carbocycles. The Morgan fingerprint density at radius 1 is 1.23 bits per heavy atom. The Bertz CT molecular complexity index is 980. The number of hydrogen-bond donors (Lipinski definition) is 0. The number of fused-ring (bicyclic) bond motifs is 1. The van der Waals surface area contributed by atoms with Crippen LogP contribution in [0.3, 0.4) is 0 Å². The predicted molar refractivity (Wildman–Crippen MR) is 109 cm³/mol. The van der Waals surface area contributed by atoms with Gasteiger partial charge in [-0.05, 0) is 61.1 Å². The molecule has 0 atom stereocenters. The predicted octanol–water partition coefficient (Wildman–Crippen LogP) is 4.83. The van der Waals surface area contributed by atoms with E-state index in [9.17, 15) is 9.59 Å². The van der Waals surface area contributed by atoms with Gasteiger partial charge in [0.25, 0.3) is 5.56 Å². The molecule has 134 valence electrons. The number of carbonyl (C=O) groups is 1. The van der Waals surface area contributed by atoms with Crippen LogP contribution in [0, 0.1) is 5.92 Å². The van der Waals surface area contributed by atoms with Crippen LogP contribution in [0.15, 0.2) is 52.2 Å². The Morgan fingerprint density at radius 3 is 2.73 bits per heavy atom. The third-order valence-electron chi connectivity index (χ3n) is 5.48. The second kappa shape index (κ2) is 7.28. The van der Waals surface area contributed by atoms with Crippen LogP contribution in [0.1, 0.15) is 37.7 Å². The van der Waals surface area contributed by atoms with Crippen LogP contribution in [-0.2, 0) is 11.3 Å². The van der Waals surface area contributed by atoms with Crippen molar-refractivity contribution in [2.24, 2.45) is 5.92 Å². The number of aromatic nitrogens is 1. The summed E-state index contributed by atoms with van der Waals surface area (Å²) in [5.74, 6) is 0.331. The highest BCUT2D eigenvalue weighted by atomic mass is 32.2. The van der Waals surface area contributed by atoms with Gasteiger partial charge in [-0.15, -0.1) is 11.8 Å². The van der Waals surface area contributed by atoms with Gasteiger partial charge in [0, 0.05) is 16.4 Å². The lowest BCUT2D eigenvalue weighted by Crippen LogP contribution is -2.32. The van der Waals surface area contributed by atoms with E-state index in [4.69, 9.17) is 0 Å². The number of thioether (sulfide) groups is 1. The molecule has 0 bridgehead atoms. The molecule has 0 amide bonds. The highest BCUT2D eigenvalue weighted by Crippen LogP contribution is 2.29. The summed E-state index contributed by atoms with van der Waals surface area (Å²) in [6, 6.07) is 8.14. The topological polar surface area (TPSA) is 39.1 Å². The number of allylic oxidation sites excluding steroid dienone is 4. The van der Waals surface area contributed by atoms with Crippen molar-refractivity contribution in [1.29, 1.82) is 0 Å². The summed E-state index contributed by atoms with van der Waals surface area (Å²) >= 11 is 1.65. The fraction of sp³-hybridized carbons (Fsp3) is 0.364. The molecule has 2 aromatic rings. The molecule has 4 heteroatoms. The Labute approximate surface area is 157 Å². The SMILES string of the molecule is CSc1ccc2cc(C3=CCCC=C3)c(=O)n(CC(=O)C3CCC3)c2c1. The van der Waals surface area contributed by atoms with Gasteiger partial charge in [0.2, 0.25) is 0 Å². The van der Waals surface area contributed by atoms with E-state index in [1.807, 2.05) is 24.5 Å². The average molecular weight is 365 g/mol. The van der Waals surface area contributed by atoms with Crippen LogP contribution in [0.25, 0.3) is 16.5 Å². The second-order valence-electron chi connectivity index (χ2n) is 7.11. The summed E-state index contributed by atoms with van der Waals surface area (Å²) in [5, 5.41) is 1.01. The summed E-state index contributed by atoms with van der Waals surface area (Å²) in [5.41, 5.74) is 2.48. The maximum atomic E-state index is 13.3.